The zero-order valence-corrected chi connectivity index (χ0v) is 11.1. The van der Waals surface area contributed by atoms with Crippen LogP contribution in [-0.4, -0.2) is 28.2 Å². The standard InChI is InChI=1S/C13H13ClN2O3/c1-16(7-9-2-4-10(14)5-3-9)8-11-6-12(13(17)18)15-19-11/h2-6H,7-8H2,1H3,(H,17,18). The first-order chi connectivity index (χ1) is 9.04. The highest BCUT2D eigenvalue weighted by atomic mass is 35.5. The number of hydrogen-bond donors (Lipinski definition) is 1. The maximum atomic E-state index is 10.7. The van der Waals surface area contributed by atoms with Crippen molar-refractivity contribution in [1.29, 1.82) is 0 Å². The Hall–Kier alpha value is -1.85. The number of hydrogen-bond acceptors (Lipinski definition) is 4. The molecule has 0 aliphatic carbocycles. The maximum absolute atomic E-state index is 10.7. The van der Waals surface area contributed by atoms with Gasteiger partial charge in [-0.1, -0.05) is 28.9 Å². The molecule has 0 saturated heterocycles. The second kappa shape index (κ2) is 5.86. The number of benzene rings is 1. The number of aromatic carboxylic acids is 1. The van der Waals surface area contributed by atoms with Crippen LogP contribution in [0.4, 0.5) is 0 Å². The molecule has 0 aliphatic rings. The van der Waals surface area contributed by atoms with Crippen LogP contribution in [0.15, 0.2) is 34.9 Å². The molecular formula is C13H13ClN2O3. The van der Waals surface area contributed by atoms with Crippen molar-refractivity contribution < 1.29 is 14.4 Å². The molecule has 6 heteroatoms. The molecule has 1 aromatic carbocycles. The van der Waals surface area contributed by atoms with Gasteiger partial charge >= 0.3 is 5.97 Å². The van der Waals surface area contributed by atoms with Crippen molar-refractivity contribution in [3.8, 4) is 0 Å². The van der Waals surface area contributed by atoms with Gasteiger partial charge in [-0.25, -0.2) is 4.79 Å². The van der Waals surface area contributed by atoms with Crippen molar-refractivity contribution >= 4 is 17.6 Å². The van der Waals surface area contributed by atoms with E-state index in [1.54, 1.807) is 0 Å². The van der Waals surface area contributed by atoms with Crippen LogP contribution in [0.2, 0.25) is 5.02 Å². The monoisotopic (exact) mass is 280 g/mol. The lowest BCUT2D eigenvalue weighted by atomic mass is 10.2. The lowest BCUT2D eigenvalue weighted by Crippen LogP contribution is -2.16. The molecule has 1 N–H and O–H groups in total. The highest BCUT2D eigenvalue weighted by Crippen LogP contribution is 2.13. The van der Waals surface area contributed by atoms with Crippen LogP contribution < -0.4 is 0 Å². The zero-order valence-electron chi connectivity index (χ0n) is 10.3. The molecule has 0 fully saturated rings. The zero-order chi connectivity index (χ0) is 13.8. The molecule has 0 atom stereocenters. The van der Waals surface area contributed by atoms with E-state index >= 15 is 0 Å². The number of aromatic nitrogens is 1. The van der Waals surface area contributed by atoms with E-state index in [2.05, 4.69) is 5.16 Å². The summed E-state index contributed by atoms with van der Waals surface area (Å²) >= 11 is 5.82. The molecule has 0 saturated carbocycles. The summed E-state index contributed by atoms with van der Waals surface area (Å²) < 4.78 is 4.96. The van der Waals surface area contributed by atoms with Crippen molar-refractivity contribution in [2.45, 2.75) is 13.1 Å². The Bertz CT molecular complexity index is 566. The van der Waals surface area contributed by atoms with Crippen LogP contribution in [0.5, 0.6) is 0 Å². The predicted molar refractivity (Wildman–Crippen MR) is 70.1 cm³/mol. The quantitative estimate of drug-likeness (QED) is 0.912. The van der Waals surface area contributed by atoms with Gasteiger partial charge < -0.3 is 9.63 Å². The second-order valence-electron chi connectivity index (χ2n) is 4.28. The van der Waals surface area contributed by atoms with E-state index in [1.165, 1.54) is 6.07 Å². The average molecular weight is 281 g/mol. The maximum Gasteiger partial charge on any atom is 0.358 e. The molecule has 1 aromatic heterocycles. The van der Waals surface area contributed by atoms with Crippen molar-refractivity contribution in [2.24, 2.45) is 0 Å². The summed E-state index contributed by atoms with van der Waals surface area (Å²) in [5.74, 6) is -0.566. The number of carboxylic acids is 1. The van der Waals surface area contributed by atoms with Gasteiger partial charge in [0.1, 0.15) is 0 Å². The van der Waals surface area contributed by atoms with E-state index in [0.717, 1.165) is 5.56 Å². The van der Waals surface area contributed by atoms with Gasteiger partial charge in [-0.15, -0.1) is 0 Å². The molecule has 100 valence electrons. The van der Waals surface area contributed by atoms with Gasteiger partial charge in [0.2, 0.25) is 0 Å². The minimum Gasteiger partial charge on any atom is -0.476 e. The van der Waals surface area contributed by atoms with Gasteiger partial charge in [-0.3, -0.25) is 4.90 Å². The minimum absolute atomic E-state index is 0.0742. The summed E-state index contributed by atoms with van der Waals surface area (Å²) in [6, 6.07) is 8.99. The molecule has 1 heterocycles. The first kappa shape index (κ1) is 13.6. The Kier molecular flexibility index (Phi) is 4.19. The van der Waals surface area contributed by atoms with Gasteiger partial charge in [0.15, 0.2) is 11.5 Å². The van der Waals surface area contributed by atoms with Crippen molar-refractivity contribution in [1.82, 2.24) is 10.1 Å². The van der Waals surface area contributed by atoms with Crippen molar-refractivity contribution in [3.63, 3.8) is 0 Å². The molecule has 0 aliphatic heterocycles. The Balaban J connectivity index is 1.94. The molecule has 0 radical (unpaired) electrons. The average Bonchev–Trinajstić information content (AvgIpc) is 2.80. The van der Waals surface area contributed by atoms with Gasteiger partial charge in [0.25, 0.3) is 0 Å². The molecule has 2 rings (SSSR count). The number of rotatable bonds is 5. The van der Waals surface area contributed by atoms with Crippen LogP contribution in [0, 0.1) is 0 Å². The molecule has 0 amide bonds. The molecule has 19 heavy (non-hydrogen) atoms. The van der Waals surface area contributed by atoms with Crippen LogP contribution in [-0.2, 0) is 13.1 Å². The fraction of sp³-hybridized carbons (Fsp3) is 0.231. The third-order valence-electron chi connectivity index (χ3n) is 2.57. The largest absolute Gasteiger partial charge is 0.476 e. The Morgan fingerprint density at radius 1 is 1.37 bits per heavy atom. The normalized spacial score (nSPS) is 10.9. The summed E-state index contributed by atoms with van der Waals surface area (Å²) in [6.07, 6.45) is 0. The fourth-order valence-corrected chi connectivity index (χ4v) is 1.84. The highest BCUT2D eigenvalue weighted by molar-refractivity contribution is 6.30. The topological polar surface area (TPSA) is 66.6 Å². The first-order valence-electron chi connectivity index (χ1n) is 5.66. The minimum atomic E-state index is -1.09. The summed E-state index contributed by atoms with van der Waals surface area (Å²) in [5, 5.41) is 12.9. The molecule has 2 aromatic rings. The van der Waals surface area contributed by atoms with Gasteiger partial charge in [0, 0.05) is 17.6 Å². The number of nitrogens with zero attached hydrogens (tertiary/aromatic N) is 2. The van der Waals surface area contributed by atoms with Gasteiger partial charge in [-0.05, 0) is 24.7 Å². The SMILES string of the molecule is CN(Cc1ccc(Cl)cc1)Cc1cc(C(=O)O)no1. The summed E-state index contributed by atoms with van der Waals surface area (Å²) in [4.78, 5) is 12.7. The smallest absolute Gasteiger partial charge is 0.358 e. The van der Waals surface area contributed by atoms with E-state index in [4.69, 9.17) is 21.2 Å². The molecule has 0 bridgehead atoms. The third-order valence-corrected chi connectivity index (χ3v) is 2.82. The van der Waals surface area contributed by atoms with E-state index < -0.39 is 5.97 Å². The predicted octanol–water partition coefficient (Wildman–Crippen LogP) is 2.66. The number of carbonyl (C=O) groups is 1. The second-order valence-corrected chi connectivity index (χ2v) is 4.72. The van der Waals surface area contributed by atoms with Crippen LogP contribution in [0.1, 0.15) is 21.8 Å². The van der Waals surface area contributed by atoms with Crippen LogP contribution in [0.25, 0.3) is 0 Å². The molecule has 0 unspecified atom stereocenters. The number of carboxylic acid groups (broad SMARTS) is 1. The first-order valence-corrected chi connectivity index (χ1v) is 6.04. The number of halogens is 1. The fourth-order valence-electron chi connectivity index (χ4n) is 1.71. The summed E-state index contributed by atoms with van der Waals surface area (Å²) in [7, 11) is 1.91. The van der Waals surface area contributed by atoms with Crippen molar-refractivity contribution in [2.75, 3.05) is 7.05 Å². The van der Waals surface area contributed by atoms with E-state index in [9.17, 15) is 4.79 Å². The lowest BCUT2D eigenvalue weighted by molar-refractivity contribution is 0.0685. The highest BCUT2D eigenvalue weighted by Gasteiger charge is 2.12. The molecule has 0 spiro atoms. The van der Waals surface area contributed by atoms with Crippen LogP contribution >= 0.6 is 11.6 Å². The van der Waals surface area contributed by atoms with Gasteiger partial charge in [0.05, 0.1) is 6.54 Å². The molecular weight excluding hydrogens is 268 g/mol. The lowest BCUT2D eigenvalue weighted by Gasteiger charge is -2.14. The van der Waals surface area contributed by atoms with Crippen molar-refractivity contribution in [3.05, 3.63) is 52.4 Å². The Morgan fingerprint density at radius 2 is 2.05 bits per heavy atom. The summed E-state index contributed by atoms with van der Waals surface area (Å²) in [5.41, 5.74) is 1.04. The van der Waals surface area contributed by atoms with Crippen LogP contribution in [0.3, 0.4) is 0 Å². The molecule has 5 nitrogen and oxygen atoms in total. The Labute approximate surface area is 115 Å². The van der Waals surface area contributed by atoms with E-state index in [1.807, 2.05) is 36.2 Å². The van der Waals surface area contributed by atoms with E-state index in [0.29, 0.717) is 23.9 Å². The third kappa shape index (κ3) is 3.81. The Morgan fingerprint density at radius 3 is 2.63 bits per heavy atom. The summed E-state index contributed by atoms with van der Waals surface area (Å²) in [6.45, 7) is 1.20. The van der Waals surface area contributed by atoms with Gasteiger partial charge in [-0.2, -0.15) is 0 Å². The van der Waals surface area contributed by atoms with E-state index in [-0.39, 0.29) is 5.69 Å².